The van der Waals surface area contributed by atoms with Gasteiger partial charge in [-0.2, -0.15) is 0 Å². The number of nitrogens with one attached hydrogen (secondary N) is 2. The van der Waals surface area contributed by atoms with E-state index in [1.165, 1.54) is 0 Å². The van der Waals surface area contributed by atoms with Crippen molar-refractivity contribution in [3.63, 3.8) is 0 Å². The van der Waals surface area contributed by atoms with Crippen LogP contribution in [0.25, 0.3) is 0 Å². The van der Waals surface area contributed by atoms with Gasteiger partial charge < -0.3 is 21.1 Å². The van der Waals surface area contributed by atoms with E-state index in [1.807, 2.05) is 6.92 Å². The third kappa shape index (κ3) is 4.97. The van der Waals surface area contributed by atoms with Gasteiger partial charge in [-0.05, 0) is 24.6 Å². The number of hydrogen-bond donors (Lipinski definition) is 3. The molecule has 0 bridgehead atoms. The van der Waals surface area contributed by atoms with Crippen molar-refractivity contribution in [2.24, 2.45) is 0 Å². The Bertz CT molecular complexity index is 460. The first-order chi connectivity index (χ1) is 9.04. The second-order valence-electron chi connectivity index (χ2n) is 4.12. The summed E-state index contributed by atoms with van der Waals surface area (Å²) < 4.78 is 4.80. The van der Waals surface area contributed by atoms with Crippen molar-refractivity contribution in [2.75, 3.05) is 32.5 Å². The number of anilines is 1. The molecule has 6 nitrogen and oxygen atoms in total. The lowest BCUT2D eigenvalue weighted by atomic mass is 10.1. The molecule has 0 spiro atoms. The fourth-order valence-corrected chi connectivity index (χ4v) is 1.50. The molecule has 0 saturated heterocycles. The fraction of sp³-hybridized carbons (Fsp3) is 0.385. The molecule has 2 amide bonds. The topological polar surface area (TPSA) is 93.5 Å². The van der Waals surface area contributed by atoms with Gasteiger partial charge in [0.2, 0.25) is 5.91 Å². The zero-order valence-corrected chi connectivity index (χ0v) is 11.2. The number of methoxy groups -OCH3 is 1. The lowest BCUT2D eigenvalue weighted by Crippen LogP contribution is -2.38. The molecule has 0 aliphatic heterocycles. The number of aryl methyl sites for hydroxylation is 1. The third-order valence-corrected chi connectivity index (χ3v) is 2.49. The van der Waals surface area contributed by atoms with E-state index in [0.29, 0.717) is 24.4 Å². The molecular weight excluding hydrogens is 246 g/mol. The molecule has 0 radical (unpaired) electrons. The Kier molecular flexibility index (Phi) is 5.81. The van der Waals surface area contributed by atoms with Crippen molar-refractivity contribution in [2.45, 2.75) is 6.92 Å². The minimum absolute atomic E-state index is 0.0874. The van der Waals surface area contributed by atoms with Crippen LogP contribution in [0.4, 0.5) is 5.69 Å². The van der Waals surface area contributed by atoms with Crippen LogP contribution in [0.15, 0.2) is 18.2 Å². The molecule has 19 heavy (non-hydrogen) atoms. The highest BCUT2D eigenvalue weighted by Gasteiger charge is 2.10. The van der Waals surface area contributed by atoms with Crippen LogP contribution >= 0.6 is 0 Å². The number of carbonyl (C=O) groups excluding carboxylic acids is 2. The lowest BCUT2D eigenvalue weighted by Gasteiger charge is -2.08. The van der Waals surface area contributed by atoms with Gasteiger partial charge >= 0.3 is 0 Å². The Balaban J connectivity index is 2.45. The monoisotopic (exact) mass is 265 g/mol. The quantitative estimate of drug-likeness (QED) is 0.501. The molecule has 6 heteroatoms. The minimum atomic E-state index is -0.362. The second-order valence-corrected chi connectivity index (χ2v) is 4.12. The smallest absolute Gasteiger partial charge is 0.253 e. The molecule has 0 atom stereocenters. The van der Waals surface area contributed by atoms with Gasteiger partial charge in [-0.1, -0.05) is 6.07 Å². The van der Waals surface area contributed by atoms with Gasteiger partial charge in [0.05, 0.1) is 18.7 Å². The Hall–Kier alpha value is -2.08. The zero-order valence-electron chi connectivity index (χ0n) is 11.2. The first-order valence-electron chi connectivity index (χ1n) is 5.94. The van der Waals surface area contributed by atoms with Crippen LogP contribution < -0.4 is 16.4 Å². The minimum Gasteiger partial charge on any atom is -0.398 e. The van der Waals surface area contributed by atoms with Gasteiger partial charge in [0.15, 0.2) is 0 Å². The van der Waals surface area contributed by atoms with Crippen LogP contribution in [-0.4, -0.2) is 38.6 Å². The largest absolute Gasteiger partial charge is 0.398 e. The lowest BCUT2D eigenvalue weighted by molar-refractivity contribution is -0.120. The number of carbonyl (C=O) groups is 2. The van der Waals surface area contributed by atoms with Crippen LogP contribution in [0.5, 0.6) is 0 Å². The molecule has 1 aromatic rings. The van der Waals surface area contributed by atoms with Crippen LogP contribution in [-0.2, 0) is 9.53 Å². The summed E-state index contributed by atoms with van der Waals surface area (Å²) in [6.07, 6.45) is 0. The normalized spacial score (nSPS) is 10.0. The van der Waals surface area contributed by atoms with E-state index in [-0.39, 0.29) is 18.4 Å². The molecule has 0 fully saturated rings. The van der Waals surface area contributed by atoms with E-state index in [4.69, 9.17) is 10.5 Å². The molecule has 0 aromatic heterocycles. The van der Waals surface area contributed by atoms with E-state index < -0.39 is 0 Å². The molecule has 0 aliphatic rings. The molecule has 0 unspecified atom stereocenters. The third-order valence-electron chi connectivity index (χ3n) is 2.49. The summed E-state index contributed by atoms with van der Waals surface area (Å²) in [6, 6.07) is 5.15. The van der Waals surface area contributed by atoms with Crippen molar-refractivity contribution in [3.8, 4) is 0 Å². The predicted molar refractivity (Wildman–Crippen MR) is 72.8 cm³/mol. The Morgan fingerprint density at radius 1 is 1.32 bits per heavy atom. The van der Waals surface area contributed by atoms with Crippen molar-refractivity contribution in [1.82, 2.24) is 10.6 Å². The summed E-state index contributed by atoms with van der Waals surface area (Å²) in [7, 11) is 1.55. The Labute approximate surface area is 112 Å². The highest BCUT2D eigenvalue weighted by atomic mass is 16.5. The average molecular weight is 265 g/mol. The first kappa shape index (κ1) is 15.0. The molecule has 4 N–H and O–H groups in total. The molecule has 0 aliphatic carbocycles. The summed E-state index contributed by atoms with van der Waals surface area (Å²) in [4.78, 5) is 23.2. The zero-order chi connectivity index (χ0) is 14.3. The van der Waals surface area contributed by atoms with Crippen molar-refractivity contribution in [3.05, 3.63) is 29.3 Å². The molecule has 0 saturated carbocycles. The maximum Gasteiger partial charge on any atom is 0.253 e. The maximum atomic E-state index is 11.8. The summed E-state index contributed by atoms with van der Waals surface area (Å²) in [5, 5.41) is 5.12. The molecule has 104 valence electrons. The van der Waals surface area contributed by atoms with Crippen LogP contribution in [0.2, 0.25) is 0 Å². The second kappa shape index (κ2) is 7.38. The van der Waals surface area contributed by atoms with Crippen molar-refractivity contribution >= 4 is 17.5 Å². The fourth-order valence-electron chi connectivity index (χ4n) is 1.50. The SMILES string of the molecule is COCCNC(=O)CNC(=O)c1ccc(C)cc1N. The van der Waals surface area contributed by atoms with E-state index in [0.717, 1.165) is 5.56 Å². The predicted octanol–water partition coefficient (Wildman–Crippen LogP) is 0.0696. The van der Waals surface area contributed by atoms with Gasteiger partial charge in [0.1, 0.15) is 0 Å². The summed E-state index contributed by atoms with van der Waals surface area (Å²) in [6.45, 7) is 2.65. The number of rotatable bonds is 6. The van der Waals surface area contributed by atoms with Gasteiger partial charge in [-0.15, -0.1) is 0 Å². The number of hydrogen-bond acceptors (Lipinski definition) is 4. The summed E-state index contributed by atoms with van der Waals surface area (Å²) in [5.41, 5.74) is 7.50. The molecule has 1 rings (SSSR count). The number of benzene rings is 1. The van der Waals surface area contributed by atoms with E-state index in [9.17, 15) is 9.59 Å². The van der Waals surface area contributed by atoms with E-state index >= 15 is 0 Å². The average Bonchev–Trinajstić information content (AvgIpc) is 2.36. The van der Waals surface area contributed by atoms with E-state index in [1.54, 1.807) is 25.3 Å². The van der Waals surface area contributed by atoms with Crippen LogP contribution in [0, 0.1) is 6.92 Å². The number of nitrogens with two attached hydrogens (primary N) is 1. The number of nitrogen functional groups attached to an aromatic ring is 1. The van der Waals surface area contributed by atoms with Gasteiger partial charge in [0, 0.05) is 19.3 Å². The molecule has 1 aromatic carbocycles. The van der Waals surface area contributed by atoms with Crippen molar-refractivity contribution in [1.29, 1.82) is 0 Å². The highest BCUT2D eigenvalue weighted by molar-refractivity contribution is 6.00. The van der Waals surface area contributed by atoms with Gasteiger partial charge in [-0.3, -0.25) is 9.59 Å². The molecule has 0 heterocycles. The first-order valence-corrected chi connectivity index (χ1v) is 5.94. The van der Waals surface area contributed by atoms with Gasteiger partial charge in [0.25, 0.3) is 5.91 Å². The van der Waals surface area contributed by atoms with Crippen molar-refractivity contribution < 1.29 is 14.3 Å². The summed E-state index contributed by atoms with van der Waals surface area (Å²) >= 11 is 0. The maximum absolute atomic E-state index is 11.8. The highest BCUT2D eigenvalue weighted by Crippen LogP contribution is 2.13. The van der Waals surface area contributed by atoms with Crippen LogP contribution in [0.3, 0.4) is 0 Å². The molecular formula is C13H19N3O3. The Morgan fingerprint density at radius 2 is 2.05 bits per heavy atom. The van der Waals surface area contributed by atoms with E-state index in [2.05, 4.69) is 10.6 Å². The van der Waals surface area contributed by atoms with Gasteiger partial charge in [-0.25, -0.2) is 0 Å². The Morgan fingerprint density at radius 3 is 2.68 bits per heavy atom. The number of ether oxygens (including phenoxy) is 1. The standard InChI is InChI=1S/C13H19N3O3/c1-9-3-4-10(11(14)7-9)13(18)16-8-12(17)15-5-6-19-2/h3-4,7H,5-6,8,14H2,1-2H3,(H,15,17)(H,16,18). The summed E-state index contributed by atoms with van der Waals surface area (Å²) in [5.74, 6) is -0.629. The van der Waals surface area contributed by atoms with Crippen LogP contribution in [0.1, 0.15) is 15.9 Å². The number of amides is 2.